The van der Waals surface area contributed by atoms with Crippen molar-refractivity contribution in [3.8, 4) is 78.7 Å². The SMILES string of the molecule is CP1(=O)c2ccccc2-c2c(-c3c4ccccc4c(-c4ccc(-c5nc(-c6ccccc6)nc(-c6ccc(-c7ccccc7)cc6)n5)cc4)c4ccccc34)cccc21. The van der Waals surface area contributed by atoms with Crippen LogP contribution in [0.5, 0.6) is 0 Å². The first kappa shape index (κ1) is 34.9. The Kier molecular flexibility index (Phi) is 8.28. The van der Waals surface area contributed by atoms with Gasteiger partial charge >= 0.3 is 0 Å². The van der Waals surface area contributed by atoms with Crippen molar-refractivity contribution in [1.29, 1.82) is 0 Å². The number of aromatic nitrogens is 3. The largest absolute Gasteiger partial charge is 0.314 e. The molecule has 0 spiro atoms. The van der Waals surface area contributed by atoms with Crippen LogP contribution in [-0.4, -0.2) is 21.6 Å². The lowest BCUT2D eigenvalue weighted by Gasteiger charge is -2.20. The van der Waals surface area contributed by atoms with Crippen LogP contribution < -0.4 is 10.6 Å². The van der Waals surface area contributed by atoms with E-state index in [1.807, 2.05) is 55.2 Å². The van der Waals surface area contributed by atoms with Gasteiger partial charge in [0.15, 0.2) is 17.5 Å². The van der Waals surface area contributed by atoms with Crippen molar-refractivity contribution in [3.63, 3.8) is 0 Å². The summed E-state index contributed by atoms with van der Waals surface area (Å²) in [6.07, 6.45) is 0. The number of hydrogen-bond donors (Lipinski definition) is 0. The summed E-state index contributed by atoms with van der Waals surface area (Å²) in [5, 5.41) is 6.50. The highest BCUT2D eigenvalue weighted by Crippen LogP contribution is 2.54. The highest BCUT2D eigenvalue weighted by atomic mass is 31.2. The van der Waals surface area contributed by atoms with Crippen molar-refractivity contribution in [2.45, 2.75) is 0 Å². The van der Waals surface area contributed by atoms with E-state index in [-0.39, 0.29) is 0 Å². The maximum Gasteiger partial charge on any atom is 0.164 e. The van der Waals surface area contributed by atoms with Crippen LogP contribution >= 0.6 is 7.14 Å². The first-order chi connectivity index (χ1) is 29.0. The summed E-state index contributed by atoms with van der Waals surface area (Å²) >= 11 is 0. The minimum absolute atomic E-state index is 0.615. The summed E-state index contributed by atoms with van der Waals surface area (Å²) < 4.78 is 14.4. The molecule has 1 aromatic heterocycles. The normalized spacial score (nSPS) is 14.3. The van der Waals surface area contributed by atoms with Gasteiger partial charge in [0.2, 0.25) is 0 Å². The molecule has 1 atom stereocenters. The third kappa shape index (κ3) is 5.83. The average Bonchev–Trinajstić information content (AvgIpc) is 3.54. The van der Waals surface area contributed by atoms with Crippen LogP contribution in [0.2, 0.25) is 0 Å². The van der Waals surface area contributed by atoms with E-state index in [2.05, 4.69) is 152 Å². The summed E-state index contributed by atoms with van der Waals surface area (Å²) in [5.74, 6) is 1.87. The van der Waals surface area contributed by atoms with Crippen molar-refractivity contribution >= 4 is 39.3 Å². The molecule has 0 radical (unpaired) electrons. The maximum absolute atomic E-state index is 14.4. The van der Waals surface area contributed by atoms with Gasteiger partial charge in [-0.2, -0.15) is 0 Å². The fraction of sp³-hybridized carbons (Fsp3) is 0.0185. The molecule has 0 bridgehead atoms. The minimum Gasteiger partial charge on any atom is -0.314 e. The molecule has 278 valence electrons. The van der Waals surface area contributed by atoms with E-state index in [0.717, 1.165) is 87.8 Å². The zero-order valence-corrected chi connectivity index (χ0v) is 33.1. The molecule has 1 aliphatic rings. The Morgan fingerprint density at radius 2 is 0.678 bits per heavy atom. The van der Waals surface area contributed by atoms with Gasteiger partial charge in [0.05, 0.1) is 0 Å². The van der Waals surface area contributed by atoms with Crippen molar-refractivity contribution in [3.05, 3.63) is 200 Å². The quantitative estimate of drug-likeness (QED) is 0.125. The second-order valence-corrected chi connectivity index (χ2v) is 18.0. The number of rotatable bonds is 6. The molecule has 1 aliphatic heterocycles. The first-order valence-electron chi connectivity index (χ1n) is 19.9. The van der Waals surface area contributed by atoms with E-state index in [9.17, 15) is 4.57 Å². The van der Waals surface area contributed by atoms with E-state index in [1.165, 1.54) is 5.56 Å². The van der Waals surface area contributed by atoms with Gasteiger partial charge < -0.3 is 4.57 Å². The summed E-state index contributed by atoms with van der Waals surface area (Å²) in [6.45, 7) is 1.91. The molecule has 0 amide bonds. The predicted molar refractivity (Wildman–Crippen MR) is 246 cm³/mol. The zero-order chi connectivity index (χ0) is 39.5. The van der Waals surface area contributed by atoms with Crippen molar-refractivity contribution in [2.24, 2.45) is 0 Å². The molecule has 0 fully saturated rings. The lowest BCUT2D eigenvalue weighted by atomic mass is 9.84. The Bertz CT molecular complexity index is 3230. The molecule has 59 heavy (non-hydrogen) atoms. The Hall–Kier alpha value is -7.26. The first-order valence-corrected chi connectivity index (χ1v) is 22.0. The molecule has 0 N–H and O–H groups in total. The van der Waals surface area contributed by atoms with Gasteiger partial charge in [-0.05, 0) is 67.2 Å². The van der Waals surface area contributed by atoms with Crippen molar-refractivity contribution in [2.75, 3.05) is 6.66 Å². The van der Waals surface area contributed by atoms with Crippen LogP contribution in [-0.2, 0) is 4.57 Å². The predicted octanol–water partition coefficient (Wildman–Crippen LogP) is 13.1. The van der Waals surface area contributed by atoms with Gasteiger partial charge in [-0.1, -0.05) is 200 Å². The molecule has 5 heteroatoms. The molecular weight excluding hydrogens is 738 g/mol. The van der Waals surface area contributed by atoms with E-state index in [4.69, 9.17) is 15.0 Å². The smallest absolute Gasteiger partial charge is 0.164 e. The Morgan fingerprint density at radius 3 is 1.24 bits per heavy atom. The molecule has 9 aromatic carbocycles. The fourth-order valence-electron chi connectivity index (χ4n) is 8.88. The number of nitrogens with zero attached hydrogens (tertiary/aromatic N) is 3. The van der Waals surface area contributed by atoms with Gasteiger partial charge in [0, 0.05) is 32.9 Å². The van der Waals surface area contributed by atoms with Crippen LogP contribution in [0.25, 0.3) is 100 Å². The van der Waals surface area contributed by atoms with Crippen molar-refractivity contribution in [1.82, 2.24) is 15.0 Å². The van der Waals surface area contributed by atoms with Gasteiger partial charge in [-0.25, -0.2) is 15.0 Å². The van der Waals surface area contributed by atoms with Crippen LogP contribution in [0.15, 0.2) is 200 Å². The molecule has 10 aromatic rings. The summed E-state index contributed by atoms with van der Waals surface area (Å²) in [6, 6.07) is 69.4. The van der Waals surface area contributed by atoms with E-state index in [0.29, 0.717) is 17.5 Å². The van der Waals surface area contributed by atoms with Gasteiger partial charge in [-0.3, -0.25) is 0 Å². The second kappa shape index (κ2) is 14.0. The Morgan fingerprint density at radius 1 is 0.305 bits per heavy atom. The van der Waals surface area contributed by atoms with Crippen LogP contribution in [0.3, 0.4) is 0 Å². The van der Waals surface area contributed by atoms with Gasteiger partial charge in [-0.15, -0.1) is 0 Å². The lowest BCUT2D eigenvalue weighted by Crippen LogP contribution is -2.08. The highest BCUT2D eigenvalue weighted by molar-refractivity contribution is 7.79. The number of hydrogen-bond acceptors (Lipinski definition) is 4. The lowest BCUT2D eigenvalue weighted by molar-refractivity contribution is 0.591. The molecule has 0 saturated carbocycles. The van der Waals surface area contributed by atoms with Crippen LogP contribution in [0.1, 0.15) is 0 Å². The van der Waals surface area contributed by atoms with Crippen LogP contribution in [0.4, 0.5) is 0 Å². The van der Waals surface area contributed by atoms with E-state index >= 15 is 0 Å². The average molecular weight is 774 g/mol. The summed E-state index contributed by atoms with van der Waals surface area (Å²) in [7, 11) is -2.75. The van der Waals surface area contributed by atoms with Crippen LogP contribution in [0, 0.1) is 0 Å². The van der Waals surface area contributed by atoms with Gasteiger partial charge in [0.25, 0.3) is 0 Å². The monoisotopic (exact) mass is 773 g/mol. The molecule has 4 nitrogen and oxygen atoms in total. The zero-order valence-electron chi connectivity index (χ0n) is 32.2. The fourth-order valence-corrected chi connectivity index (χ4v) is 11.2. The topological polar surface area (TPSA) is 55.7 Å². The maximum atomic E-state index is 14.4. The number of fused-ring (bicyclic) bond motifs is 5. The third-order valence-electron chi connectivity index (χ3n) is 11.7. The van der Waals surface area contributed by atoms with E-state index < -0.39 is 7.14 Å². The molecule has 1 unspecified atom stereocenters. The summed E-state index contributed by atoms with van der Waals surface area (Å²) in [4.78, 5) is 15.1. The molecule has 2 heterocycles. The molecular formula is C54H36N3OP. The Labute approximate surface area is 343 Å². The molecule has 11 rings (SSSR count). The third-order valence-corrected chi connectivity index (χ3v) is 14.3. The molecule has 0 saturated heterocycles. The molecule has 0 aliphatic carbocycles. The van der Waals surface area contributed by atoms with Gasteiger partial charge in [0.1, 0.15) is 7.14 Å². The minimum atomic E-state index is -2.75. The van der Waals surface area contributed by atoms with Crippen molar-refractivity contribution < 1.29 is 4.57 Å². The highest BCUT2D eigenvalue weighted by Gasteiger charge is 2.36. The second-order valence-electron chi connectivity index (χ2n) is 15.2. The Balaban J connectivity index is 1.05. The summed E-state index contributed by atoms with van der Waals surface area (Å²) in [5.41, 5.74) is 11.8. The van der Waals surface area contributed by atoms with E-state index in [1.54, 1.807) is 0 Å². The number of benzene rings is 9. The standard InChI is InChI=1S/C54H36N3OP/c1-59(58)47-25-13-12-23-45(47)51-46(24-14-26-48(51)59)50-43-21-10-8-19-41(43)49(42-20-9-11-22-44(42)50)37-29-33-40(34-30-37)54-56-52(38-17-6-3-7-18-38)55-53(57-54)39-31-27-36(28-32-39)35-15-4-2-5-16-35/h2-34H,1H3.